The predicted molar refractivity (Wildman–Crippen MR) is 80.0 cm³/mol. The van der Waals surface area contributed by atoms with Crippen LogP contribution in [0.25, 0.3) is 0 Å². The Balaban J connectivity index is 0.00000180. The van der Waals surface area contributed by atoms with Gasteiger partial charge in [-0.25, -0.2) is 0 Å². The van der Waals surface area contributed by atoms with E-state index in [1.54, 1.807) is 12.1 Å². The molecule has 2 unspecified atom stereocenters. The van der Waals surface area contributed by atoms with Gasteiger partial charge in [-0.15, -0.1) is 12.4 Å². The molecule has 19 heavy (non-hydrogen) atoms. The van der Waals surface area contributed by atoms with E-state index in [0.29, 0.717) is 18.2 Å². The Hall–Kier alpha value is -0.320. The predicted octanol–water partition coefficient (Wildman–Crippen LogP) is 2.59. The largest absolute Gasteiger partial charge is 0.382 e. The first-order valence-corrected chi connectivity index (χ1v) is 6.73. The fourth-order valence-electron chi connectivity index (χ4n) is 2.46. The molecule has 2 rings (SSSR count). The van der Waals surface area contributed by atoms with Crippen molar-refractivity contribution in [3.8, 4) is 0 Å². The topological polar surface area (TPSA) is 41.5 Å². The molecule has 1 aromatic rings. The van der Waals surface area contributed by atoms with Gasteiger partial charge in [-0.1, -0.05) is 37.6 Å². The molecule has 5 heteroatoms. The van der Waals surface area contributed by atoms with Crippen LogP contribution in [0.4, 0.5) is 0 Å². The van der Waals surface area contributed by atoms with Crippen LogP contribution in [0.3, 0.4) is 0 Å². The first-order chi connectivity index (χ1) is 8.55. The second kappa shape index (κ2) is 6.91. The maximum absolute atomic E-state index is 11.1. The molecule has 2 N–H and O–H groups in total. The molecule has 0 bridgehead atoms. The van der Waals surface area contributed by atoms with E-state index in [1.807, 2.05) is 26.0 Å². The third-order valence-corrected chi connectivity index (χ3v) is 3.86. The van der Waals surface area contributed by atoms with Crippen LogP contribution in [0, 0.1) is 5.92 Å². The van der Waals surface area contributed by atoms with Crippen LogP contribution in [0.5, 0.6) is 0 Å². The van der Waals surface area contributed by atoms with Crippen molar-refractivity contribution in [2.45, 2.75) is 25.6 Å². The highest BCUT2D eigenvalue weighted by Gasteiger charge is 2.42. The lowest BCUT2D eigenvalue weighted by molar-refractivity contribution is -0.148. The third-order valence-electron chi connectivity index (χ3n) is 3.61. The van der Waals surface area contributed by atoms with Gasteiger partial charge in [0, 0.05) is 18.1 Å². The third kappa shape index (κ3) is 3.41. The van der Waals surface area contributed by atoms with E-state index < -0.39 is 5.60 Å². The molecule has 1 aliphatic heterocycles. The molecule has 1 aromatic carbocycles. The molecular weight excluding hydrogens is 285 g/mol. The van der Waals surface area contributed by atoms with Crippen LogP contribution in [-0.2, 0) is 10.3 Å². The molecule has 2 atom stereocenters. The zero-order chi connectivity index (χ0) is 13.2. The Morgan fingerprint density at radius 3 is 2.47 bits per heavy atom. The molecule has 3 nitrogen and oxygen atoms in total. The fraction of sp³-hybridized carbons (Fsp3) is 0.571. The number of ether oxygens (including phenoxy) is 1. The number of rotatable bonds is 3. The summed E-state index contributed by atoms with van der Waals surface area (Å²) in [5.41, 5.74) is -0.131. The van der Waals surface area contributed by atoms with Crippen molar-refractivity contribution in [3.63, 3.8) is 0 Å². The molecule has 0 radical (unpaired) electrons. The average molecular weight is 306 g/mol. The number of hydrogen-bond acceptors (Lipinski definition) is 3. The summed E-state index contributed by atoms with van der Waals surface area (Å²) in [6.45, 7) is 6.15. The lowest BCUT2D eigenvalue weighted by Gasteiger charge is -2.41. The highest BCUT2D eigenvalue weighted by molar-refractivity contribution is 6.30. The molecule has 0 aliphatic carbocycles. The Bertz CT molecular complexity index is 391. The maximum atomic E-state index is 11.1. The van der Waals surface area contributed by atoms with Crippen molar-refractivity contribution in [1.82, 2.24) is 5.32 Å². The molecule has 0 saturated carbocycles. The summed E-state index contributed by atoms with van der Waals surface area (Å²) >= 11 is 5.90. The first kappa shape index (κ1) is 16.7. The van der Waals surface area contributed by atoms with Crippen molar-refractivity contribution in [2.75, 3.05) is 19.7 Å². The Labute approximate surface area is 125 Å². The molecule has 0 amide bonds. The lowest BCUT2D eigenvalue weighted by Crippen LogP contribution is -2.54. The zero-order valence-corrected chi connectivity index (χ0v) is 12.8. The number of benzene rings is 1. The summed E-state index contributed by atoms with van der Waals surface area (Å²) in [7, 11) is 0. The van der Waals surface area contributed by atoms with E-state index in [1.165, 1.54) is 0 Å². The van der Waals surface area contributed by atoms with Gasteiger partial charge < -0.3 is 15.2 Å². The van der Waals surface area contributed by atoms with Gasteiger partial charge >= 0.3 is 0 Å². The normalized spacial score (nSPS) is 22.7. The van der Waals surface area contributed by atoms with Crippen LogP contribution in [0.2, 0.25) is 5.02 Å². The molecule has 1 saturated heterocycles. The summed E-state index contributed by atoms with van der Waals surface area (Å²) in [5.74, 6) is 0.0589. The highest BCUT2D eigenvalue weighted by Crippen LogP contribution is 2.35. The van der Waals surface area contributed by atoms with Gasteiger partial charge in [-0.3, -0.25) is 0 Å². The summed E-state index contributed by atoms with van der Waals surface area (Å²) in [6, 6.07) is 7.36. The van der Waals surface area contributed by atoms with Crippen molar-refractivity contribution in [1.29, 1.82) is 0 Å². The minimum atomic E-state index is -0.988. The first-order valence-electron chi connectivity index (χ1n) is 6.36. The highest BCUT2D eigenvalue weighted by atomic mass is 35.5. The van der Waals surface area contributed by atoms with Crippen molar-refractivity contribution < 1.29 is 9.84 Å². The van der Waals surface area contributed by atoms with E-state index in [9.17, 15) is 5.11 Å². The number of morpholine rings is 1. The number of aliphatic hydroxyl groups is 1. The van der Waals surface area contributed by atoms with Crippen LogP contribution >= 0.6 is 24.0 Å². The van der Waals surface area contributed by atoms with Gasteiger partial charge in [0.15, 0.2) is 0 Å². The van der Waals surface area contributed by atoms with Crippen LogP contribution in [0.15, 0.2) is 24.3 Å². The second-order valence-corrected chi connectivity index (χ2v) is 5.49. The minimum absolute atomic E-state index is 0. The average Bonchev–Trinajstić information content (AvgIpc) is 2.39. The number of nitrogens with one attached hydrogen (secondary N) is 1. The molecule has 0 spiro atoms. The van der Waals surface area contributed by atoms with Gasteiger partial charge in [-0.05, 0) is 23.6 Å². The monoisotopic (exact) mass is 305 g/mol. The zero-order valence-electron chi connectivity index (χ0n) is 11.2. The van der Waals surface area contributed by atoms with E-state index in [2.05, 4.69) is 5.32 Å². The lowest BCUT2D eigenvalue weighted by atomic mass is 9.78. The fourth-order valence-corrected chi connectivity index (χ4v) is 2.58. The number of halogens is 2. The van der Waals surface area contributed by atoms with Crippen molar-refractivity contribution >= 4 is 24.0 Å². The second-order valence-electron chi connectivity index (χ2n) is 5.05. The SMILES string of the molecule is CC(C)C(O)(c1ccc(Cl)cc1)C1CNCCO1.Cl. The van der Waals surface area contributed by atoms with Gasteiger partial charge in [0.25, 0.3) is 0 Å². The van der Waals surface area contributed by atoms with Crippen LogP contribution in [0.1, 0.15) is 19.4 Å². The molecule has 0 aromatic heterocycles. The van der Waals surface area contributed by atoms with Gasteiger partial charge in [0.1, 0.15) is 11.7 Å². The molecule has 1 fully saturated rings. The van der Waals surface area contributed by atoms with Crippen molar-refractivity contribution in [3.05, 3.63) is 34.9 Å². The van der Waals surface area contributed by atoms with Gasteiger partial charge in [-0.2, -0.15) is 0 Å². The van der Waals surface area contributed by atoms with Crippen LogP contribution < -0.4 is 5.32 Å². The van der Waals surface area contributed by atoms with Gasteiger partial charge in [0.2, 0.25) is 0 Å². The Kier molecular flexibility index (Phi) is 6.09. The Morgan fingerprint density at radius 2 is 2.00 bits per heavy atom. The van der Waals surface area contributed by atoms with Crippen molar-refractivity contribution in [2.24, 2.45) is 5.92 Å². The molecule has 1 heterocycles. The maximum Gasteiger partial charge on any atom is 0.119 e. The summed E-state index contributed by atoms with van der Waals surface area (Å²) in [4.78, 5) is 0. The molecular formula is C14H21Cl2NO2. The van der Waals surface area contributed by atoms with Gasteiger partial charge in [0.05, 0.1) is 6.61 Å². The molecule has 108 valence electrons. The minimum Gasteiger partial charge on any atom is -0.382 e. The number of hydrogen-bond donors (Lipinski definition) is 2. The summed E-state index contributed by atoms with van der Waals surface area (Å²) in [5, 5.41) is 15.0. The van der Waals surface area contributed by atoms with E-state index in [-0.39, 0.29) is 24.4 Å². The van der Waals surface area contributed by atoms with E-state index >= 15 is 0 Å². The quantitative estimate of drug-likeness (QED) is 0.902. The molecule has 1 aliphatic rings. The smallest absolute Gasteiger partial charge is 0.119 e. The summed E-state index contributed by atoms with van der Waals surface area (Å²) < 4.78 is 5.74. The standard InChI is InChI=1S/C14H20ClNO2.ClH/c1-10(2)14(17,13-9-16-7-8-18-13)11-3-5-12(15)6-4-11;/h3-6,10,13,16-17H,7-9H2,1-2H3;1H. The van der Waals surface area contributed by atoms with Crippen LogP contribution in [-0.4, -0.2) is 30.9 Å². The Morgan fingerprint density at radius 1 is 1.37 bits per heavy atom. The van der Waals surface area contributed by atoms with E-state index in [4.69, 9.17) is 16.3 Å². The summed E-state index contributed by atoms with van der Waals surface area (Å²) in [6.07, 6.45) is -0.229. The van der Waals surface area contributed by atoms with E-state index in [0.717, 1.165) is 12.1 Å².